The normalized spacial score (nSPS) is 23.6. The molecule has 6 nitrogen and oxygen atoms in total. The number of piperazine rings is 1. The molecular formula is C25H43N5O. The molecule has 0 radical (unpaired) electrons. The van der Waals surface area contributed by atoms with Crippen molar-refractivity contribution >= 4 is 5.96 Å². The monoisotopic (exact) mass is 429 g/mol. The lowest BCUT2D eigenvalue weighted by atomic mass is 9.89. The Morgan fingerprint density at radius 1 is 1.06 bits per heavy atom. The maximum absolute atomic E-state index is 6.16. The average molecular weight is 430 g/mol. The van der Waals surface area contributed by atoms with Gasteiger partial charge in [-0.3, -0.25) is 4.99 Å². The minimum absolute atomic E-state index is 0.174. The summed E-state index contributed by atoms with van der Waals surface area (Å²) in [7, 11) is 1.86. The third kappa shape index (κ3) is 7.78. The maximum atomic E-state index is 6.16. The summed E-state index contributed by atoms with van der Waals surface area (Å²) in [6.45, 7) is 14.4. The van der Waals surface area contributed by atoms with Gasteiger partial charge in [-0.05, 0) is 51.3 Å². The van der Waals surface area contributed by atoms with Crippen LogP contribution in [0, 0.1) is 12.8 Å². The SMILES string of the molecule is CCN1CCN(CCCCNC(=NC)NCC2CCCOC2c2ccc(C)cc2)CC1. The van der Waals surface area contributed by atoms with E-state index in [1.54, 1.807) is 0 Å². The largest absolute Gasteiger partial charge is 0.373 e. The molecule has 31 heavy (non-hydrogen) atoms. The summed E-state index contributed by atoms with van der Waals surface area (Å²) >= 11 is 0. The minimum atomic E-state index is 0.174. The van der Waals surface area contributed by atoms with E-state index >= 15 is 0 Å². The van der Waals surface area contributed by atoms with E-state index in [1.807, 2.05) is 7.05 Å². The number of guanidine groups is 1. The first-order valence-corrected chi connectivity index (χ1v) is 12.3. The van der Waals surface area contributed by atoms with Crippen molar-refractivity contribution in [2.75, 3.05) is 66.0 Å². The molecule has 2 fully saturated rings. The van der Waals surface area contributed by atoms with Crippen LogP contribution in [0.25, 0.3) is 0 Å². The number of nitrogens with zero attached hydrogens (tertiary/aromatic N) is 3. The second kappa shape index (κ2) is 13.0. The van der Waals surface area contributed by atoms with Gasteiger partial charge in [-0.25, -0.2) is 0 Å². The van der Waals surface area contributed by atoms with E-state index < -0.39 is 0 Å². The highest BCUT2D eigenvalue weighted by Crippen LogP contribution is 2.33. The van der Waals surface area contributed by atoms with Crippen molar-refractivity contribution in [1.82, 2.24) is 20.4 Å². The van der Waals surface area contributed by atoms with E-state index in [1.165, 1.54) is 69.7 Å². The van der Waals surface area contributed by atoms with Gasteiger partial charge >= 0.3 is 0 Å². The number of likely N-dealkylation sites (N-methyl/N-ethyl adjacent to an activating group) is 1. The molecule has 2 heterocycles. The Hall–Kier alpha value is -1.63. The number of ether oxygens (including phenoxy) is 1. The van der Waals surface area contributed by atoms with Crippen molar-refractivity contribution in [3.63, 3.8) is 0 Å². The van der Waals surface area contributed by atoms with Gasteiger partial charge < -0.3 is 25.2 Å². The highest BCUT2D eigenvalue weighted by atomic mass is 16.5. The van der Waals surface area contributed by atoms with E-state index in [0.29, 0.717) is 5.92 Å². The zero-order chi connectivity index (χ0) is 21.9. The number of hydrogen-bond acceptors (Lipinski definition) is 4. The van der Waals surface area contributed by atoms with E-state index in [4.69, 9.17) is 4.74 Å². The molecule has 1 aromatic rings. The van der Waals surface area contributed by atoms with Crippen LogP contribution in [0.3, 0.4) is 0 Å². The summed E-state index contributed by atoms with van der Waals surface area (Å²) in [4.78, 5) is 9.57. The molecule has 3 rings (SSSR count). The van der Waals surface area contributed by atoms with Crippen LogP contribution in [-0.2, 0) is 4.74 Å². The number of unbranched alkanes of at least 4 members (excludes halogenated alkanes) is 1. The maximum Gasteiger partial charge on any atom is 0.190 e. The molecule has 2 unspecified atom stereocenters. The van der Waals surface area contributed by atoms with Crippen LogP contribution in [0.2, 0.25) is 0 Å². The lowest BCUT2D eigenvalue weighted by molar-refractivity contribution is -0.0265. The summed E-state index contributed by atoms with van der Waals surface area (Å²) in [5, 5.41) is 7.04. The van der Waals surface area contributed by atoms with Crippen molar-refractivity contribution in [2.45, 2.75) is 45.6 Å². The number of aryl methyl sites for hydroxylation is 1. The Balaban J connectivity index is 1.34. The van der Waals surface area contributed by atoms with Gasteiger partial charge in [0.05, 0.1) is 6.10 Å². The van der Waals surface area contributed by atoms with Crippen molar-refractivity contribution in [2.24, 2.45) is 10.9 Å². The Bertz CT molecular complexity index is 654. The Morgan fingerprint density at radius 2 is 1.81 bits per heavy atom. The van der Waals surface area contributed by atoms with Crippen molar-refractivity contribution in [3.8, 4) is 0 Å². The number of nitrogens with one attached hydrogen (secondary N) is 2. The lowest BCUT2D eigenvalue weighted by Gasteiger charge is -2.34. The van der Waals surface area contributed by atoms with Gasteiger partial charge in [-0.2, -0.15) is 0 Å². The molecule has 2 N–H and O–H groups in total. The highest BCUT2D eigenvalue weighted by molar-refractivity contribution is 5.79. The number of aliphatic imine (C=N–C) groups is 1. The lowest BCUT2D eigenvalue weighted by Crippen LogP contribution is -2.46. The quantitative estimate of drug-likeness (QED) is 0.359. The predicted octanol–water partition coefficient (Wildman–Crippen LogP) is 3.05. The average Bonchev–Trinajstić information content (AvgIpc) is 2.82. The minimum Gasteiger partial charge on any atom is -0.373 e. The van der Waals surface area contributed by atoms with Gasteiger partial charge in [-0.1, -0.05) is 36.8 Å². The van der Waals surface area contributed by atoms with Crippen molar-refractivity contribution in [3.05, 3.63) is 35.4 Å². The molecule has 2 aliphatic rings. The van der Waals surface area contributed by atoms with Crippen LogP contribution in [0.5, 0.6) is 0 Å². The van der Waals surface area contributed by atoms with Gasteiger partial charge in [0, 0.05) is 58.8 Å². The van der Waals surface area contributed by atoms with Crippen LogP contribution in [-0.4, -0.2) is 81.8 Å². The van der Waals surface area contributed by atoms with Gasteiger partial charge in [0.15, 0.2) is 5.96 Å². The molecule has 2 aliphatic heterocycles. The Kier molecular flexibility index (Phi) is 10.1. The van der Waals surface area contributed by atoms with Crippen LogP contribution < -0.4 is 10.6 Å². The molecule has 1 aromatic carbocycles. The Morgan fingerprint density at radius 3 is 2.52 bits per heavy atom. The molecule has 0 amide bonds. The van der Waals surface area contributed by atoms with Crippen LogP contribution in [0.15, 0.2) is 29.3 Å². The number of benzene rings is 1. The topological polar surface area (TPSA) is 52.1 Å². The molecule has 0 saturated carbocycles. The van der Waals surface area contributed by atoms with Gasteiger partial charge in [0.2, 0.25) is 0 Å². The van der Waals surface area contributed by atoms with E-state index in [-0.39, 0.29) is 6.10 Å². The zero-order valence-electron chi connectivity index (χ0n) is 19.9. The molecular weight excluding hydrogens is 386 g/mol. The first kappa shape index (κ1) is 24.0. The van der Waals surface area contributed by atoms with Crippen LogP contribution in [0.1, 0.15) is 49.8 Å². The molecule has 0 aliphatic carbocycles. The smallest absolute Gasteiger partial charge is 0.190 e. The van der Waals surface area contributed by atoms with E-state index in [2.05, 4.69) is 63.5 Å². The molecule has 0 bridgehead atoms. The molecule has 0 spiro atoms. The molecule has 2 atom stereocenters. The van der Waals surface area contributed by atoms with Gasteiger partial charge in [-0.15, -0.1) is 0 Å². The van der Waals surface area contributed by atoms with Crippen molar-refractivity contribution < 1.29 is 4.74 Å². The third-order valence-electron chi connectivity index (χ3n) is 6.71. The first-order valence-electron chi connectivity index (χ1n) is 12.3. The second-order valence-electron chi connectivity index (χ2n) is 8.97. The third-order valence-corrected chi connectivity index (χ3v) is 6.71. The first-order chi connectivity index (χ1) is 15.2. The fourth-order valence-electron chi connectivity index (χ4n) is 4.62. The second-order valence-corrected chi connectivity index (χ2v) is 8.97. The number of hydrogen-bond donors (Lipinski definition) is 2. The summed E-state index contributed by atoms with van der Waals surface area (Å²) in [6.07, 6.45) is 4.91. The summed E-state index contributed by atoms with van der Waals surface area (Å²) in [6, 6.07) is 8.80. The van der Waals surface area contributed by atoms with Gasteiger partial charge in [0.1, 0.15) is 0 Å². The van der Waals surface area contributed by atoms with Crippen LogP contribution in [0.4, 0.5) is 0 Å². The van der Waals surface area contributed by atoms with E-state index in [0.717, 1.165) is 32.1 Å². The summed E-state index contributed by atoms with van der Waals surface area (Å²) in [5.74, 6) is 1.38. The Labute approximate surface area is 189 Å². The number of rotatable bonds is 9. The zero-order valence-corrected chi connectivity index (χ0v) is 19.9. The fourth-order valence-corrected chi connectivity index (χ4v) is 4.62. The predicted molar refractivity (Wildman–Crippen MR) is 130 cm³/mol. The fraction of sp³-hybridized carbons (Fsp3) is 0.720. The standard InChI is InChI=1S/C25H43N5O/c1-4-29-15-17-30(18-16-29)14-6-5-13-27-25(26-3)28-20-23-8-7-19-31-24(23)22-11-9-21(2)10-12-22/h9-12,23-24H,4-8,13-20H2,1-3H3,(H2,26,27,28). The molecule has 2 saturated heterocycles. The van der Waals surface area contributed by atoms with E-state index in [9.17, 15) is 0 Å². The highest BCUT2D eigenvalue weighted by Gasteiger charge is 2.27. The van der Waals surface area contributed by atoms with Gasteiger partial charge in [0.25, 0.3) is 0 Å². The molecule has 6 heteroatoms. The van der Waals surface area contributed by atoms with Crippen LogP contribution >= 0.6 is 0 Å². The summed E-state index contributed by atoms with van der Waals surface area (Å²) in [5.41, 5.74) is 2.59. The molecule has 174 valence electrons. The molecule has 0 aromatic heterocycles. The van der Waals surface area contributed by atoms with Crippen molar-refractivity contribution in [1.29, 1.82) is 0 Å². The summed E-state index contributed by atoms with van der Waals surface area (Å²) < 4.78 is 6.16.